The molecule has 0 aromatic heterocycles. The lowest BCUT2D eigenvalue weighted by Gasteiger charge is -2.02. The van der Waals surface area contributed by atoms with Crippen LogP contribution in [-0.4, -0.2) is 0 Å². The molecule has 0 heteroatoms. The molecule has 0 N–H and O–H groups in total. The fraction of sp³-hybridized carbons (Fsp3) is 1.00. The standard InChI is InChI=1S/2C8H16.C6H12.C2H6/c2*1-8-6-4-2-3-5-7-8;1-6-4-2-3-5-6;1-2/h2*8H,2-7H2,1H3;6H,2-5H2,1H3;1-2H3. The van der Waals surface area contributed by atoms with Crippen LogP contribution in [0, 0.1) is 17.8 Å². The first-order valence-corrected chi connectivity index (χ1v) is 11.7. The van der Waals surface area contributed by atoms with Crippen molar-refractivity contribution < 1.29 is 0 Å². The molecule has 3 aliphatic rings. The minimum atomic E-state index is 1.03. The SMILES string of the molecule is CC.CC1CCCC1.CC1CCCCCC1.CC1CCCCCC1. The lowest BCUT2D eigenvalue weighted by Crippen LogP contribution is -1.88. The zero-order chi connectivity index (χ0) is 18.0. The van der Waals surface area contributed by atoms with Crippen molar-refractivity contribution in [3.8, 4) is 0 Å². The Hall–Kier alpha value is 0. The number of hydrogen-bond donors (Lipinski definition) is 0. The zero-order valence-corrected chi connectivity index (χ0v) is 18.0. The van der Waals surface area contributed by atoms with Gasteiger partial charge in [0.15, 0.2) is 0 Å². The molecule has 3 fully saturated rings. The van der Waals surface area contributed by atoms with Gasteiger partial charge in [-0.15, -0.1) is 0 Å². The Morgan fingerprint density at radius 2 is 0.500 bits per heavy atom. The molecule has 0 unspecified atom stereocenters. The van der Waals surface area contributed by atoms with Crippen LogP contribution in [0.2, 0.25) is 0 Å². The van der Waals surface area contributed by atoms with Crippen molar-refractivity contribution in [3.63, 3.8) is 0 Å². The van der Waals surface area contributed by atoms with Crippen LogP contribution in [0.25, 0.3) is 0 Å². The molecule has 0 bridgehead atoms. The van der Waals surface area contributed by atoms with Crippen LogP contribution in [-0.2, 0) is 0 Å². The Morgan fingerprint density at radius 3 is 0.667 bits per heavy atom. The summed E-state index contributed by atoms with van der Waals surface area (Å²) in [6, 6.07) is 0. The molecule has 0 saturated heterocycles. The summed E-state index contributed by atoms with van der Waals surface area (Å²) in [6.45, 7) is 11.1. The Labute approximate surface area is 155 Å². The molecular weight excluding hydrogens is 288 g/mol. The second-order valence-electron chi connectivity index (χ2n) is 8.58. The largest absolute Gasteiger partial charge is 0.0683 e. The molecule has 24 heavy (non-hydrogen) atoms. The van der Waals surface area contributed by atoms with Crippen LogP contribution in [0.15, 0.2) is 0 Å². The van der Waals surface area contributed by atoms with Gasteiger partial charge in [-0.2, -0.15) is 0 Å². The monoisotopic (exact) mass is 338 g/mol. The van der Waals surface area contributed by atoms with E-state index in [0.29, 0.717) is 0 Å². The van der Waals surface area contributed by atoms with Gasteiger partial charge in [0.2, 0.25) is 0 Å². The van der Waals surface area contributed by atoms with Crippen molar-refractivity contribution >= 4 is 0 Å². The van der Waals surface area contributed by atoms with Gasteiger partial charge in [0.05, 0.1) is 0 Å². The summed E-state index contributed by atoms with van der Waals surface area (Å²) in [5, 5.41) is 0. The number of hydrogen-bond acceptors (Lipinski definition) is 0. The summed E-state index contributed by atoms with van der Waals surface area (Å²) < 4.78 is 0. The second kappa shape index (κ2) is 17.8. The fourth-order valence-corrected chi connectivity index (χ4v) is 4.10. The molecule has 0 aliphatic heterocycles. The van der Waals surface area contributed by atoms with Crippen molar-refractivity contribution in [2.75, 3.05) is 0 Å². The third kappa shape index (κ3) is 15.5. The first kappa shape index (κ1) is 24.0. The first-order valence-electron chi connectivity index (χ1n) is 11.7. The molecule has 0 radical (unpaired) electrons. The van der Waals surface area contributed by atoms with Gasteiger partial charge in [0, 0.05) is 0 Å². The third-order valence-corrected chi connectivity index (χ3v) is 5.93. The average molecular weight is 339 g/mol. The minimum absolute atomic E-state index is 1.03. The Bertz CT molecular complexity index is 192. The smallest absolute Gasteiger partial charge is 0.0443 e. The lowest BCUT2D eigenvalue weighted by molar-refractivity contribution is 0.505. The van der Waals surface area contributed by atoms with Crippen LogP contribution >= 0.6 is 0 Å². The topological polar surface area (TPSA) is 0 Å². The van der Waals surface area contributed by atoms with E-state index in [2.05, 4.69) is 20.8 Å². The van der Waals surface area contributed by atoms with Gasteiger partial charge in [-0.25, -0.2) is 0 Å². The predicted molar refractivity (Wildman–Crippen MR) is 113 cm³/mol. The summed E-state index contributed by atoms with van der Waals surface area (Å²) in [6.07, 6.45) is 23.8. The van der Waals surface area contributed by atoms with E-state index in [1.807, 2.05) is 13.8 Å². The van der Waals surface area contributed by atoms with Crippen molar-refractivity contribution in [2.24, 2.45) is 17.8 Å². The van der Waals surface area contributed by atoms with Gasteiger partial charge in [0.1, 0.15) is 0 Å². The zero-order valence-electron chi connectivity index (χ0n) is 18.0. The van der Waals surface area contributed by atoms with Gasteiger partial charge in [-0.3, -0.25) is 0 Å². The highest BCUT2D eigenvalue weighted by Gasteiger charge is 2.07. The Balaban J connectivity index is 0.000000317. The molecule has 0 nitrogen and oxygen atoms in total. The third-order valence-electron chi connectivity index (χ3n) is 5.93. The van der Waals surface area contributed by atoms with Crippen LogP contribution in [0.3, 0.4) is 0 Å². The Kier molecular flexibility index (Phi) is 17.8. The molecule has 0 aromatic carbocycles. The molecule has 0 atom stereocenters. The van der Waals surface area contributed by atoms with Crippen molar-refractivity contribution in [1.29, 1.82) is 0 Å². The van der Waals surface area contributed by atoms with E-state index in [9.17, 15) is 0 Å². The average Bonchev–Trinajstić information content (AvgIpc) is 2.81. The van der Waals surface area contributed by atoms with E-state index >= 15 is 0 Å². The summed E-state index contributed by atoms with van der Waals surface area (Å²) >= 11 is 0. The van der Waals surface area contributed by atoms with E-state index in [0.717, 1.165) is 17.8 Å². The molecule has 0 aromatic rings. The fourth-order valence-electron chi connectivity index (χ4n) is 4.10. The quantitative estimate of drug-likeness (QED) is 0.386. The molecule has 0 amide bonds. The highest BCUT2D eigenvalue weighted by atomic mass is 14.1. The first-order chi connectivity index (χ1) is 11.7. The van der Waals surface area contributed by atoms with Crippen LogP contribution in [0.1, 0.15) is 137 Å². The maximum absolute atomic E-state index is 2.38. The summed E-state index contributed by atoms with van der Waals surface area (Å²) in [5.74, 6) is 3.10. The second-order valence-corrected chi connectivity index (χ2v) is 8.58. The van der Waals surface area contributed by atoms with E-state index < -0.39 is 0 Å². The molecule has 0 spiro atoms. The molecule has 3 aliphatic carbocycles. The molecule has 3 rings (SSSR count). The van der Waals surface area contributed by atoms with Gasteiger partial charge >= 0.3 is 0 Å². The Morgan fingerprint density at radius 1 is 0.333 bits per heavy atom. The summed E-state index contributed by atoms with van der Waals surface area (Å²) in [7, 11) is 0. The van der Waals surface area contributed by atoms with Gasteiger partial charge < -0.3 is 0 Å². The summed E-state index contributed by atoms with van der Waals surface area (Å²) in [4.78, 5) is 0. The molecule has 0 heterocycles. The molecule has 146 valence electrons. The van der Waals surface area contributed by atoms with Crippen LogP contribution < -0.4 is 0 Å². The van der Waals surface area contributed by atoms with Crippen LogP contribution in [0.4, 0.5) is 0 Å². The number of rotatable bonds is 0. The lowest BCUT2D eigenvalue weighted by atomic mass is 10.0. The maximum atomic E-state index is 2.38. The van der Waals surface area contributed by atoms with E-state index in [-0.39, 0.29) is 0 Å². The van der Waals surface area contributed by atoms with Gasteiger partial charge in [0.25, 0.3) is 0 Å². The molecule has 3 saturated carbocycles. The van der Waals surface area contributed by atoms with E-state index in [1.54, 1.807) is 0 Å². The summed E-state index contributed by atoms with van der Waals surface area (Å²) in [5.41, 5.74) is 0. The highest BCUT2D eigenvalue weighted by Crippen LogP contribution is 2.23. The minimum Gasteiger partial charge on any atom is -0.0683 e. The molecular formula is C24H50. The van der Waals surface area contributed by atoms with E-state index in [1.165, 1.54) is 103 Å². The highest BCUT2D eigenvalue weighted by molar-refractivity contribution is 4.61. The normalized spacial score (nSPS) is 23.4. The maximum Gasteiger partial charge on any atom is -0.0443 e. The van der Waals surface area contributed by atoms with Crippen LogP contribution in [0.5, 0.6) is 0 Å². The van der Waals surface area contributed by atoms with Crippen molar-refractivity contribution in [3.05, 3.63) is 0 Å². The van der Waals surface area contributed by atoms with Crippen molar-refractivity contribution in [2.45, 2.75) is 137 Å². The van der Waals surface area contributed by atoms with Crippen molar-refractivity contribution in [1.82, 2.24) is 0 Å². The van der Waals surface area contributed by atoms with Gasteiger partial charge in [-0.1, -0.05) is 137 Å². The predicted octanol–water partition coefficient (Wildman–Crippen LogP) is 9.18. The van der Waals surface area contributed by atoms with E-state index in [4.69, 9.17) is 0 Å². The van der Waals surface area contributed by atoms with Gasteiger partial charge in [-0.05, 0) is 17.8 Å².